The Morgan fingerprint density at radius 2 is 2.24 bits per heavy atom. The third kappa shape index (κ3) is 3.74. The highest BCUT2D eigenvalue weighted by Crippen LogP contribution is 2.14. The molecule has 0 bridgehead atoms. The van der Waals surface area contributed by atoms with Crippen LogP contribution >= 0.6 is 11.8 Å². The largest absolute Gasteiger partial charge is 0.395 e. The standard InChI is InChI=1S/C10H18N2O3S2/c1-8(10(7-13)16-3)11-17(14,15)9-4-5-12(2)6-9/h4-6,8,10-11,13H,7H2,1-3H3. The Labute approximate surface area is 106 Å². The van der Waals surface area contributed by atoms with Crippen LogP contribution in [0.5, 0.6) is 0 Å². The number of nitrogens with zero attached hydrogens (tertiary/aromatic N) is 1. The molecule has 1 rings (SSSR count). The number of aliphatic hydroxyl groups is 1. The fourth-order valence-corrected chi connectivity index (χ4v) is 3.51. The molecule has 0 aliphatic rings. The molecule has 0 spiro atoms. The van der Waals surface area contributed by atoms with Crippen LogP contribution in [0.1, 0.15) is 6.92 Å². The molecule has 0 radical (unpaired) electrons. The minimum Gasteiger partial charge on any atom is -0.395 e. The van der Waals surface area contributed by atoms with Gasteiger partial charge in [-0.25, -0.2) is 13.1 Å². The molecule has 17 heavy (non-hydrogen) atoms. The molecule has 1 heterocycles. The highest BCUT2D eigenvalue weighted by atomic mass is 32.2. The number of aryl methyl sites for hydroxylation is 1. The van der Waals surface area contributed by atoms with Gasteiger partial charge >= 0.3 is 0 Å². The zero-order valence-corrected chi connectivity index (χ0v) is 11.8. The summed E-state index contributed by atoms with van der Waals surface area (Å²) >= 11 is 1.44. The molecule has 0 aliphatic carbocycles. The van der Waals surface area contributed by atoms with Crippen molar-refractivity contribution < 1.29 is 13.5 Å². The van der Waals surface area contributed by atoms with E-state index in [0.29, 0.717) is 0 Å². The van der Waals surface area contributed by atoms with Crippen LogP contribution in [-0.2, 0) is 17.1 Å². The highest BCUT2D eigenvalue weighted by molar-refractivity contribution is 7.99. The van der Waals surface area contributed by atoms with E-state index in [9.17, 15) is 8.42 Å². The second-order valence-electron chi connectivity index (χ2n) is 3.88. The lowest BCUT2D eigenvalue weighted by molar-refractivity contribution is 0.282. The maximum Gasteiger partial charge on any atom is 0.242 e. The third-order valence-corrected chi connectivity index (χ3v) is 5.20. The van der Waals surface area contributed by atoms with E-state index in [4.69, 9.17) is 5.11 Å². The number of aliphatic hydroxyl groups excluding tert-OH is 1. The summed E-state index contributed by atoms with van der Waals surface area (Å²) in [6, 6.07) is 1.22. The molecule has 7 heteroatoms. The monoisotopic (exact) mass is 278 g/mol. The molecular formula is C10H18N2O3S2. The minimum absolute atomic E-state index is 0.0559. The first kappa shape index (κ1) is 14.6. The summed E-state index contributed by atoms with van der Waals surface area (Å²) in [5.41, 5.74) is 0. The molecule has 0 amide bonds. The molecule has 2 atom stereocenters. The van der Waals surface area contributed by atoms with Gasteiger partial charge in [-0.2, -0.15) is 11.8 Å². The first-order valence-corrected chi connectivity index (χ1v) is 7.95. The fraction of sp³-hybridized carbons (Fsp3) is 0.600. The van der Waals surface area contributed by atoms with Crippen molar-refractivity contribution in [1.29, 1.82) is 0 Å². The molecule has 0 fully saturated rings. The number of rotatable bonds is 6. The lowest BCUT2D eigenvalue weighted by Crippen LogP contribution is -2.41. The van der Waals surface area contributed by atoms with Crippen molar-refractivity contribution in [2.24, 2.45) is 7.05 Å². The van der Waals surface area contributed by atoms with E-state index in [1.165, 1.54) is 11.8 Å². The van der Waals surface area contributed by atoms with Crippen molar-refractivity contribution in [2.75, 3.05) is 12.9 Å². The number of hydrogen-bond donors (Lipinski definition) is 2. The predicted molar refractivity (Wildman–Crippen MR) is 69.6 cm³/mol. The molecule has 0 aromatic carbocycles. The third-order valence-electron chi connectivity index (χ3n) is 2.50. The van der Waals surface area contributed by atoms with Crippen molar-refractivity contribution in [3.8, 4) is 0 Å². The van der Waals surface area contributed by atoms with Gasteiger partial charge in [-0.3, -0.25) is 0 Å². The lowest BCUT2D eigenvalue weighted by Gasteiger charge is -2.20. The minimum atomic E-state index is -3.50. The Balaban J connectivity index is 2.80. The van der Waals surface area contributed by atoms with Crippen molar-refractivity contribution in [3.63, 3.8) is 0 Å². The SMILES string of the molecule is CSC(CO)C(C)NS(=O)(=O)c1ccn(C)c1. The smallest absolute Gasteiger partial charge is 0.242 e. The molecule has 98 valence electrons. The van der Waals surface area contributed by atoms with Crippen molar-refractivity contribution in [2.45, 2.75) is 23.1 Å². The molecule has 2 N–H and O–H groups in total. The molecule has 1 aromatic rings. The van der Waals surface area contributed by atoms with Crippen LogP contribution < -0.4 is 4.72 Å². The average molecular weight is 278 g/mol. The Morgan fingerprint density at radius 3 is 2.65 bits per heavy atom. The van der Waals surface area contributed by atoms with Gasteiger partial charge in [0.15, 0.2) is 0 Å². The predicted octanol–water partition coefficient (Wildman–Crippen LogP) is 0.416. The quantitative estimate of drug-likeness (QED) is 0.791. The van der Waals surface area contributed by atoms with Crippen LogP contribution in [0.4, 0.5) is 0 Å². The molecule has 2 unspecified atom stereocenters. The fourth-order valence-electron chi connectivity index (χ4n) is 1.46. The summed E-state index contributed by atoms with van der Waals surface area (Å²) in [6.45, 7) is 1.69. The normalized spacial score (nSPS) is 15.8. The molecule has 1 aromatic heterocycles. The zero-order chi connectivity index (χ0) is 13.1. The van der Waals surface area contributed by atoms with Crippen LogP contribution in [0.25, 0.3) is 0 Å². The van der Waals surface area contributed by atoms with E-state index in [2.05, 4.69) is 4.72 Å². The van der Waals surface area contributed by atoms with Gasteiger partial charge < -0.3 is 9.67 Å². The number of sulfonamides is 1. The van der Waals surface area contributed by atoms with Gasteiger partial charge in [0.25, 0.3) is 0 Å². The van der Waals surface area contributed by atoms with Gasteiger partial charge in [-0.15, -0.1) is 0 Å². The number of hydrogen-bond acceptors (Lipinski definition) is 4. The molecule has 5 nitrogen and oxygen atoms in total. The summed E-state index contributed by atoms with van der Waals surface area (Å²) in [6.07, 6.45) is 5.06. The van der Waals surface area contributed by atoms with Gasteiger partial charge in [0.05, 0.1) is 11.5 Å². The van der Waals surface area contributed by atoms with Crippen LogP contribution in [0.2, 0.25) is 0 Å². The molecule has 0 aliphatic heterocycles. The van der Waals surface area contributed by atoms with Crippen LogP contribution in [0.15, 0.2) is 23.4 Å². The summed E-state index contributed by atoms with van der Waals surface area (Å²) in [5, 5.41) is 8.96. The topological polar surface area (TPSA) is 71.3 Å². The van der Waals surface area contributed by atoms with Gasteiger partial charge in [0, 0.05) is 30.7 Å². The summed E-state index contributed by atoms with van der Waals surface area (Å²) in [5.74, 6) is 0. The Hall–Kier alpha value is -0.500. The summed E-state index contributed by atoms with van der Waals surface area (Å²) in [4.78, 5) is 0.240. The van der Waals surface area contributed by atoms with E-state index in [-0.39, 0.29) is 22.8 Å². The van der Waals surface area contributed by atoms with Crippen LogP contribution in [0, 0.1) is 0 Å². The first-order chi connectivity index (χ1) is 7.90. The number of nitrogens with one attached hydrogen (secondary N) is 1. The molecular weight excluding hydrogens is 260 g/mol. The maximum absolute atomic E-state index is 12.0. The van der Waals surface area contributed by atoms with Gasteiger partial charge in [0.2, 0.25) is 10.0 Å². The van der Waals surface area contributed by atoms with E-state index >= 15 is 0 Å². The second-order valence-corrected chi connectivity index (χ2v) is 6.67. The molecule has 0 saturated carbocycles. The van der Waals surface area contributed by atoms with Gasteiger partial charge in [0.1, 0.15) is 0 Å². The van der Waals surface area contributed by atoms with E-state index < -0.39 is 10.0 Å². The summed E-state index contributed by atoms with van der Waals surface area (Å²) in [7, 11) is -1.73. The lowest BCUT2D eigenvalue weighted by atomic mass is 10.3. The van der Waals surface area contributed by atoms with E-state index in [0.717, 1.165) is 0 Å². The van der Waals surface area contributed by atoms with Crippen molar-refractivity contribution in [1.82, 2.24) is 9.29 Å². The second kappa shape index (κ2) is 5.90. The van der Waals surface area contributed by atoms with E-state index in [1.54, 1.807) is 37.0 Å². The first-order valence-electron chi connectivity index (χ1n) is 5.18. The highest BCUT2D eigenvalue weighted by Gasteiger charge is 2.23. The van der Waals surface area contributed by atoms with Crippen molar-refractivity contribution >= 4 is 21.8 Å². The van der Waals surface area contributed by atoms with Gasteiger partial charge in [-0.1, -0.05) is 0 Å². The van der Waals surface area contributed by atoms with Crippen LogP contribution in [0.3, 0.4) is 0 Å². The molecule has 0 saturated heterocycles. The van der Waals surface area contributed by atoms with E-state index in [1.807, 2.05) is 6.26 Å². The Morgan fingerprint density at radius 1 is 1.59 bits per heavy atom. The number of aromatic nitrogens is 1. The zero-order valence-electron chi connectivity index (χ0n) is 10.1. The average Bonchev–Trinajstić information content (AvgIpc) is 2.66. The van der Waals surface area contributed by atoms with Gasteiger partial charge in [-0.05, 0) is 19.2 Å². The van der Waals surface area contributed by atoms with Crippen molar-refractivity contribution in [3.05, 3.63) is 18.5 Å². The number of thioether (sulfide) groups is 1. The maximum atomic E-state index is 12.0. The van der Waals surface area contributed by atoms with Crippen LogP contribution in [-0.4, -0.2) is 42.2 Å². The Kier molecular flexibility index (Phi) is 5.05. The Bertz CT molecular complexity index is 452. The summed E-state index contributed by atoms with van der Waals surface area (Å²) < 4.78 is 28.2.